The zero-order chi connectivity index (χ0) is 30.9. The van der Waals surface area contributed by atoms with Crippen molar-refractivity contribution in [3.05, 3.63) is 35.7 Å². The van der Waals surface area contributed by atoms with E-state index >= 15 is 0 Å². The minimum Gasteiger partial charge on any atom is -0.394 e. The van der Waals surface area contributed by atoms with Gasteiger partial charge in [-0.3, -0.25) is 14.9 Å². The van der Waals surface area contributed by atoms with Crippen LogP contribution in [0.15, 0.2) is 30.1 Å². The number of hydrazine groups is 1. The fourth-order valence-corrected chi connectivity index (χ4v) is 1.98. The molecule has 0 aliphatic rings. The van der Waals surface area contributed by atoms with Crippen molar-refractivity contribution in [2.45, 2.75) is 69.2 Å². The van der Waals surface area contributed by atoms with Gasteiger partial charge in [-0.15, -0.1) is 0 Å². The molecule has 1 amide bonds. The van der Waals surface area contributed by atoms with Gasteiger partial charge in [-0.1, -0.05) is 69.2 Å². The van der Waals surface area contributed by atoms with Crippen LogP contribution in [-0.4, -0.2) is 72.9 Å². The highest BCUT2D eigenvalue weighted by atomic mass is 16.5. The second-order valence-corrected chi connectivity index (χ2v) is 5.50. The van der Waals surface area contributed by atoms with Gasteiger partial charge in [-0.05, 0) is 18.2 Å². The molecule has 0 saturated carbocycles. The van der Waals surface area contributed by atoms with Crippen molar-refractivity contribution in [3.8, 4) is 0 Å². The van der Waals surface area contributed by atoms with Crippen molar-refractivity contribution in [3.63, 3.8) is 0 Å². The Morgan fingerprint density at radius 2 is 1.58 bits per heavy atom. The quantitative estimate of drug-likeness (QED) is 0.0988. The predicted octanol–water partition coefficient (Wildman–Crippen LogP) is 4.69. The Bertz CT molecular complexity index is 797. The number of aromatic amines is 1. The molecule has 0 saturated heterocycles. The van der Waals surface area contributed by atoms with Gasteiger partial charge >= 0.3 is 0 Å². The van der Waals surface area contributed by atoms with Gasteiger partial charge in [0.25, 0.3) is 5.91 Å². The minimum atomic E-state index is -0.582. The largest absolute Gasteiger partial charge is 0.394 e. The summed E-state index contributed by atoms with van der Waals surface area (Å²) < 4.78 is 9.31. The molecule has 0 spiro atoms. The Kier molecular flexibility index (Phi) is 42.8. The molecule has 224 valence electrons. The van der Waals surface area contributed by atoms with E-state index in [1.54, 1.807) is 32.4 Å². The van der Waals surface area contributed by atoms with Gasteiger partial charge in [0.15, 0.2) is 0 Å². The standard InChI is InChI=1S/C15H20N6O4.C2H6O.5C2H6/c16-11(8-21(17)3-5-25-6-4-22)14(24)20-15-18-12-2-1-10(9-23)7-13(12)19-15;1-3-2;5*1-2/h1-2,7-9,22H,3-6,16-17H2,(H2,18,19,20,24);1-2H3;5*1-2H3/b11-8-;;;;;;. The smallest absolute Gasteiger partial charge is 0.275 e. The van der Waals surface area contributed by atoms with Gasteiger partial charge in [-0.25, -0.2) is 10.8 Å². The van der Waals surface area contributed by atoms with Crippen LogP contribution in [0.25, 0.3) is 11.0 Å². The fraction of sp³-hybridized carbons (Fsp3) is 0.593. The maximum Gasteiger partial charge on any atom is 0.275 e. The van der Waals surface area contributed by atoms with Crippen molar-refractivity contribution < 1.29 is 24.2 Å². The number of H-pyrrole nitrogens is 1. The van der Waals surface area contributed by atoms with Gasteiger partial charge in [0.1, 0.15) is 12.0 Å². The third-order valence-corrected chi connectivity index (χ3v) is 3.17. The number of aromatic nitrogens is 2. The van der Waals surface area contributed by atoms with Crippen LogP contribution in [-0.2, 0) is 14.3 Å². The van der Waals surface area contributed by atoms with E-state index in [0.717, 1.165) is 6.29 Å². The molecule has 0 fully saturated rings. The molecule has 1 aromatic carbocycles. The second kappa shape index (κ2) is 36.2. The Labute approximate surface area is 230 Å². The second-order valence-electron chi connectivity index (χ2n) is 5.50. The highest BCUT2D eigenvalue weighted by molar-refractivity contribution is 6.02. The number of nitrogens with zero attached hydrogens (tertiary/aromatic N) is 2. The first kappa shape index (κ1) is 45.0. The number of fused-ring (bicyclic) bond motifs is 1. The lowest BCUT2D eigenvalue weighted by molar-refractivity contribution is -0.113. The molecule has 1 aromatic heterocycles. The normalized spacial score (nSPS) is 8.84. The van der Waals surface area contributed by atoms with Crippen molar-refractivity contribution >= 4 is 29.2 Å². The lowest BCUT2D eigenvalue weighted by Gasteiger charge is -2.14. The molecule has 2 rings (SSSR count). The molecule has 2 aromatic rings. The van der Waals surface area contributed by atoms with E-state index in [4.69, 9.17) is 21.4 Å². The molecular weight excluding hydrogens is 488 g/mol. The van der Waals surface area contributed by atoms with Crippen LogP contribution in [0, 0.1) is 0 Å². The van der Waals surface area contributed by atoms with Gasteiger partial charge < -0.3 is 30.3 Å². The lowest BCUT2D eigenvalue weighted by Crippen LogP contribution is -2.32. The van der Waals surface area contributed by atoms with E-state index in [-0.39, 0.29) is 31.5 Å². The third kappa shape index (κ3) is 23.4. The molecular formula is C27H56N6O5. The molecule has 0 radical (unpaired) electrons. The first-order valence-corrected chi connectivity index (χ1v) is 13.3. The highest BCUT2D eigenvalue weighted by Crippen LogP contribution is 2.15. The number of aliphatic hydroxyl groups excluding tert-OH is 1. The van der Waals surface area contributed by atoms with Gasteiger partial charge in [0.05, 0.1) is 37.4 Å². The number of aldehydes is 1. The molecule has 0 atom stereocenters. The van der Waals surface area contributed by atoms with E-state index in [9.17, 15) is 9.59 Å². The molecule has 0 aliphatic heterocycles. The molecule has 11 heteroatoms. The van der Waals surface area contributed by atoms with Crippen LogP contribution >= 0.6 is 0 Å². The third-order valence-electron chi connectivity index (χ3n) is 3.17. The van der Waals surface area contributed by atoms with Crippen LogP contribution in [0.4, 0.5) is 5.95 Å². The number of methoxy groups -OCH3 is 1. The predicted molar refractivity (Wildman–Crippen MR) is 161 cm³/mol. The van der Waals surface area contributed by atoms with Crippen LogP contribution in [0.3, 0.4) is 0 Å². The summed E-state index contributed by atoms with van der Waals surface area (Å²) in [5.41, 5.74) is 7.30. The molecule has 7 N–H and O–H groups in total. The van der Waals surface area contributed by atoms with Crippen LogP contribution in [0.2, 0.25) is 0 Å². The van der Waals surface area contributed by atoms with E-state index in [1.165, 1.54) is 11.2 Å². The average molecular weight is 545 g/mol. The summed E-state index contributed by atoms with van der Waals surface area (Å²) in [7, 11) is 3.25. The number of aliphatic hydroxyl groups is 1. The number of carbonyl (C=O) groups is 2. The van der Waals surface area contributed by atoms with Crippen molar-refractivity contribution in [1.82, 2.24) is 15.0 Å². The zero-order valence-corrected chi connectivity index (χ0v) is 25.8. The van der Waals surface area contributed by atoms with E-state index in [0.29, 0.717) is 23.1 Å². The van der Waals surface area contributed by atoms with Crippen LogP contribution in [0.1, 0.15) is 79.6 Å². The number of anilines is 1. The summed E-state index contributed by atoms with van der Waals surface area (Å²) in [6.45, 7) is 20.7. The number of nitrogens with one attached hydrogen (secondary N) is 2. The number of carbonyl (C=O) groups excluding carboxylic acids is 2. The Balaban J connectivity index is -0.000000242. The maximum atomic E-state index is 12.1. The topological polar surface area (TPSA) is 169 Å². The van der Waals surface area contributed by atoms with Crippen molar-refractivity contribution in [2.24, 2.45) is 11.6 Å². The fourth-order valence-electron chi connectivity index (χ4n) is 1.98. The Morgan fingerprint density at radius 3 is 2.05 bits per heavy atom. The average Bonchev–Trinajstić information content (AvgIpc) is 3.38. The molecule has 0 unspecified atom stereocenters. The summed E-state index contributed by atoms with van der Waals surface area (Å²) in [5.74, 6) is 5.30. The maximum absolute atomic E-state index is 12.1. The molecule has 0 aliphatic carbocycles. The first-order chi connectivity index (χ1) is 18.4. The number of amides is 1. The summed E-state index contributed by atoms with van der Waals surface area (Å²) in [6.07, 6.45) is 1.99. The van der Waals surface area contributed by atoms with Gasteiger partial charge in [0, 0.05) is 26.0 Å². The number of imidazole rings is 1. The summed E-state index contributed by atoms with van der Waals surface area (Å²) in [5, 5.41) is 12.3. The summed E-state index contributed by atoms with van der Waals surface area (Å²) in [4.78, 5) is 29.9. The molecule has 38 heavy (non-hydrogen) atoms. The van der Waals surface area contributed by atoms with E-state index in [2.05, 4.69) is 20.0 Å². The van der Waals surface area contributed by atoms with E-state index < -0.39 is 5.91 Å². The number of benzene rings is 1. The molecule has 0 bridgehead atoms. The lowest BCUT2D eigenvalue weighted by atomic mass is 10.2. The van der Waals surface area contributed by atoms with Crippen LogP contribution < -0.4 is 16.9 Å². The molecule has 11 nitrogen and oxygen atoms in total. The number of hydrogen-bond donors (Lipinski definition) is 5. The summed E-state index contributed by atoms with van der Waals surface area (Å²) >= 11 is 0. The van der Waals surface area contributed by atoms with Gasteiger partial charge in [0.2, 0.25) is 5.95 Å². The van der Waals surface area contributed by atoms with Crippen molar-refractivity contribution in [1.29, 1.82) is 0 Å². The van der Waals surface area contributed by atoms with E-state index in [1.807, 2.05) is 69.2 Å². The Morgan fingerprint density at radius 1 is 1.05 bits per heavy atom. The van der Waals surface area contributed by atoms with Gasteiger partial charge in [-0.2, -0.15) is 0 Å². The molecule has 1 heterocycles. The number of hydrogen-bond acceptors (Lipinski definition) is 9. The number of ether oxygens (including phenoxy) is 2. The number of rotatable bonds is 9. The SMILES string of the molecule is CC.CC.CC.CC.CC.COC.N/C(=C\N(N)CCOCCO)C(=O)Nc1nc2ccc(C=O)cc2[nH]1. The van der Waals surface area contributed by atoms with Crippen molar-refractivity contribution in [2.75, 3.05) is 45.9 Å². The highest BCUT2D eigenvalue weighted by Gasteiger charge is 2.10. The first-order valence-electron chi connectivity index (χ1n) is 13.3. The monoisotopic (exact) mass is 544 g/mol. The number of nitrogens with two attached hydrogens (primary N) is 2. The van der Waals surface area contributed by atoms with Crippen LogP contribution in [0.5, 0.6) is 0 Å². The zero-order valence-electron chi connectivity index (χ0n) is 25.8. The summed E-state index contributed by atoms with van der Waals surface area (Å²) in [6, 6.07) is 4.91. The Hall–Kier alpha value is -2.99. The minimum absolute atomic E-state index is 0.0726.